The second-order valence-corrected chi connectivity index (χ2v) is 5.74. The summed E-state index contributed by atoms with van der Waals surface area (Å²) in [7, 11) is 1.27. The number of benzene rings is 1. The first-order valence-corrected chi connectivity index (χ1v) is 7.96. The van der Waals surface area contributed by atoms with Crippen molar-refractivity contribution in [1.82, 2.24) is 5.32 Å². The van der Waals surface area contributed by atoms with E-state index in [9.17, 15) is 14.4 Å². The van der Waals surface area contributed by atoms with Gasteiger partial charge in [-0.3, -0.25) is 14.4 Å². The van der Waals surface area contributed by atoms with Crippen LogP contribution in [-0.4, -0.2) is 31.4 Å². The molecule has 1 aliphatic rings. The minimum atomic E-state index is -0.487. The van der Waals surface area contributed by atoms with Crippen LogP contribution in [0.25, 0.3) is 0 Å². The van der Waals surface area contributed by atoms with E-state index in [0.717, 1.165) is 18.4 Å². The van der Waals surface area contributed by atoms with Gasteiger partial charge in [0.05, 0.1) is 13.5 Å². The van der Waals surface area contributed by atoms with E-state index in [-0.39, 0.29) is 24.8 Å². The molecule has 0 aliphatic heterocycles. The van der Waals surface area contributed by atoms with Crippen molar-refractivity contribution in [2.75, 3.05) is 19.0 Å². The summed E-state index contributed by atoms with van der Waals surface area (Å²) >= 11 is 0. The Labute approximate surface area is 141 Å². The Morgan fingerprint density at radius 1 is 1.17 bits per heavy atom. The zero-order valence-electron chi connectivity index (χ0n) is 13.7. The molecule has 0 fully saturated rings. The summed E-state index contributed by atoms with van der Waals surface area (Å²) < 4.78 is 4.45. The number of methoxy groups -OCH3 is 1. The van der Waals surface area contributed by atoms with Gasteiger partial charge in [-0.2, -0.15) is 0 Å². The van der Waals surface area contributed by atoms with E-state index in [0.29, 0.717) is 18.0 Å². The lowest BCUT2D eigenvalue weighted by Crippen LogP contribution is -2.31. The Kier molecular flexibility index (Phi) is 6.54. The highest BCUT2D eigenvalue weighted by Gasteiger charge is 2.14. The van der Waals surface area contributed by atoms with Gasteiger partial charge < -0.3 is 15.4 Å². The van der Waals surface area contributed by atoms with Gasteiger partial charge in [-0.05, 0) is 36.5 Å². The van der Waals surface area contributed by atoms with Crippen LogP contribution < -0.4 is 10.6 Å². The SMILES string of the molecule is COC(=O)CNC(=O)Cc1ccc(NC(=O)CC2C=CCC2)cc1. The molecule has 2 N–H and O–H groups in total. The molecule has 6 nitrogen and oxygen atoms in total. The number of rotatable bonds is 7. The van der Waals surface area contributed by atoms with Gasteiger partial charge in [0.2, 0.25) is 11.8 Å². The fourth-order valence-electron chi connectivity index (χ4n) is 2.51. The van der Waals surface area contributed by atoms with Crippen LogP contribution >= 0.6 is 0 Å². The number of esters is 1. The van der Waals surface area contributed by atoms with Crippen LogP contribution in [0.15, 0.2) is 36.4 Å². The van der Waals surface area contributed by atoms with E-state index in [1.54, 1.807) is 24.3 Å². The highest BCUT2D eigenvalue weighted by molar-refractivity contribution is 5.91. The van der Waals surface area contributed by atoms with Crippen molar-refractivity contribution >= 4 is 23.5 Å². The van der Waals surface area contributed by atoms with E-state index < -0.39 is 5.97 Å². The zero-order valence-corrected chi connectivity index (χ0v) is 13.7. The smallest absolute Gasteiger partial charge is 0.325 e. The van der Waals surface area contributed by atoms with Crippen molar-refractivity contribution in [2.24, 2.45) is 5.92 Å². The van der Waals surface area contributed by atoms with E-state index >= 15 is 0 Å². The molecule has 128 valence electrons. The minimum absolute atomic E-state index is 0.00452. The molecule has 2 rings (SSSR count). The van der Waals surface area contributed by atoms with Gasteiger partial charge in [0.15, 0.2) is 0 Å². The summed E-state index contributed by atoms with van der Waals surface area (Å²) in [5.74, 6) is -0.415. The monoisotopic (exact) mass is 330 g/mol. The molecule has 2 amide bonds. The molecular weight excluding hydrogens is 308 g/mol. The lowest BCUT2D eigenvalue weighted by Gasteiger charge is -2.09. The molecule has 0 saturated carbocycles. The Balaban J connectivity index is 1.77. The zero-order chi connectivity index (χ0) is 17.4. The van der Waals surface area contributed by atoms with Crippen molar-refractivity contribution in [3.8, 4) is 0 Å². The average molecular weight is 330 g/mol. The number of carbonyl (C=O) groups is 3. The predicted octanol–water partition coefficient (Wildman–Crippen LogP) is 1.81. The number of hydrogen-bond donors (Lipinski definition) is 2. The van der Waals surface area contributed by atoms with E-state index in [4.69, 9.17) is 0 Å². The summed E-state index contributed by atoms with van der Waals surface area (Å²) in [5.41, 5.74) is 1.51. The molecule has 1 aromatic rings. The highest BCUT2D eigenvalue weighted by atomic mass is 16.5. The lowest BCUT2D eigenvalue weighted by atomic mass is 10.0. The van der Waals surface area contributed by atoms with E-state index in [1.165, 1.54) is 7.11 Å². The van der Waals surface area contributed by atoms with Crippen molar-refractivity contribution in [1.29, 1.82) is 0 Å². The normalized spacial score (nSPS) is 15.8. The van der Waals surface area contributed by atoms with Crippen molar-refractivity contribution in [3.63, 3.8) is 0 Å². The molecule has 0 radical (unpaired) electrons. The Bertz CT molecular complexity index is 622. The molecule has 0 bridgehead atoms. The largest absolute Gasteiger partial charge is 0.468 e. The average Bonchev–Trinajstić information content (AvgIpc) is 3.07. The maximum absolute atomic E-state index is 12.0. The first-order valence-electron chi connectivity index (χ1n) is 7.96. The summed E-state index contributed by atoms with van der Waals surface area (Å²) in [6.07, 6.45) is 6.94. The molecular formula is C18H22N2O4. The summed E-state index contributed by atoms with van der Waals surface area (Å²) in [5, 5.41) is 5.34. The fourth-order valence-corrected chi connectivity index (χ4v) is 2.51. The molecule has 1 aliphatic carbocycles. The predicted molar refractivity (Wildman–Crippen MR) is 90.3 cm³/mol. The molecule has 0 spiro atoms. The summed E-state index contributed by atoms with van der Waals surface area (Å²) in [6, 6.07) is 7.10. The third-order valence-corrected chi connectivity index (χ3v) is 3.82. The van der Waals surface area contributed by atoms with Crippen LogP contribution in [0.3, 0.4) is 0 Å². The molecule has 6 heteroatoms. The van der Waals surface area contributed by atoms with Crippen LogP contribution in [0.1, 0.15) is 24.8 Å². The number of allylic oxidation sites excluding steroid dienone is 2. The van der Waals surface area contributed by atoms with Crippen LogP contribution in [0, 0.1) is 5.92 Å². The van der Waals surface area contributed by atoms with E-state index in [1.807, 2.05) is 0 Å². The van der Waals surface area contributed by atoms with Crippen LogP contribution in [-0.2, 0) is 25.5 Å². The molecule has 1 aromatic carbocycles. The van der Waals surface area contributed by atoms with Crippen LogP contribution in [0.2, 0.25) is 0 Å². The fraction of sp³-hybridized carbons (Fsp3) is 0.389. The van der Waals surface area contributed by atoms with Crippen molar-refractivity contribution in [2.45, 2.75) is 25.7 Å². The number of ether oxygens (including phenoxy) is 1. The minimum Gasteiger partial charge on any atom is -0.468 e. The maximum atomic E-state index is 12.0. The number of carbonyl (C=O) groups excluding carboxylic acids is 3. The number of nitrogens with one attached hydrogen (secondary N) is 2. The Hall–Kier alpha value is -2.63. The molecule has 0 aromatic heterocycles. The number of amides is 2. The van der Waals surface area contributed by atoms with Crippen molar-refractivity contribution in [3.05, 3.63) is 42.0 Å². The summed E-state index contributed by atoms with van der Waals surface area (Å²) in [6.45, 7) is -0.140. The Morgan fingerprint density at radius 2 is 1.92 bits per heavy atom. The quantitative estimate of drug-likeness (QED) is 0.590. The molecule has 0 heterocycles. The van der Waals surface area contributed by atoms with Gasteiger partial charge in [-0.1, -0.05) is 24.3 Å². The van der Waals surface area contributed by atoms with Gasteiger partial charge >= 0.3 is 5.97 Å². The first-order chi connectivity index (χ1) is 11.6. The third kappa shape index (κ3) is 5.87. The maximum Gasteiger partial charge on any atom is 0.325 e. The number of anilines is 1. The van der Waals surface area contributed by atoms with E-state index in [2.05, 4.69) is 27.5 Å². The van der Waals surface area contributed by atoms with Gasteiger partial charge in [0, 0.05) is 12.1 Å². The highest BCUT2D eigenvalue weighted by Crippen LogP contribution is 2.21. The topological polar surface area (TPSA) is 84.5 Å². The third-order valence-electron chi connectivity index (χ3n) is 3.82. The van der Waals surface area contributed by atoms with Gasteiger partial charge in [-0.15, -0.1) is 0 Å². The molecule has 0 saturated heterocycles. The first kappa shape index (κ1) is 17.7. The Morgan fingerprint density at radius 3 is 2.54 bits per heavy atom. The van der Waals surface area contributed by atoms with Gasteiger partial charge in [-0.25, -0.2) is 0 Å². The van der Waals surface area contributed by atoms with Crippen LogP contribution in [0.4, 0.5) is 5.69 Å². The van der Waals surface area contributed by atoms with Gasteiger partial charge in [0.25, 0.3) is 0 Å². The standard InChI is InChI=1S/C18H22N2O4/c1-24-18(23)12-19-16(21)10-14-6-8-15(9-7-14)20-17(22)11-13-4-2-3-5-13/h2,4,6-9,13H,3,5,10-12H2,1H3,(H,19,21)(H,20,22). The second kappa shape index (κ2) is 8.86. The second-order valence-electron chi connectivity index (χ2n) is 5.74. The lowest BCUT2D eigenvalue weighted by molar-refractivity contribution is -0.141. The summed E-state index contributed by atoms with van der Waals surface area (Å²) in [4.78, 5) is 34.6. The van der Waals surface area contributed by atoms with Gasteiger partial charge in [0.1, 0.15) is 6.54 Å². The number of hydrogen-bond acceptors (Lipinski definition) is 4. The molecule has 24 heavy (non-hydrogen) atoms. The van der Waals surface area contributed by atoms with Crippen LogP contribution in [0.5, 0.6) is 0 Å². The van der Waals surface area contributed by atoms with Crippen molar-refractivity contribution < 1.29 is 19.1 Å². The molecule has 1 unspecified atom stereocenters. The molecule has 1 atom stereocenters.